The quantitative estimate of drug-likeness (QED) is 0.743. The van der Waals surface area contributed by atoms with Gasteiger partial charge in [-0.25, -0.2) is 4.98 Å². The molecule has 0 aliphatic heterocycles. The number of hydrogen-bond acceptors (Lipinski definition) is 4. The Balaban J connectivity index is 1.82. The van der Waals surface area contributed by atoms with Gasteiger partial charge in [0.2, 0.25) is 0 Å². The molecule has 0 fully saturated rings. The van der Waals surface area contributed by atoms with Gasteiger partial charge in [-0.3, -0.25) is 4.79 Å². The molecule has 3 aromatic rings. The van der Waals surface area contributed by atoms with E-state index in [1.165, 1.54) is 0 Å². The number of anilines is 3. The molecule has 0 spiro atoms. The minimum absolute atomic E-state index is 0.241. The number of nitrogens with zero attached hydrogens (tertiary/aromatic N) is 1. The maximum absolute atomic E-state index is 12.6. The molecule has 0 saturated heterocycles. The zero-order valence-corrected chi connectivity index (χ0v) is 13.2. The maximum Gasteiger partial charge on any atom is 0.259 e. The first-order valence-electron chi connectivity index (χ1n) is 7.49. The van der Waals surface area contributed by atoms with Gasteiger partial charge >= 0.3 is 0 Å². The zero-order chi connectivity index (χ0) is 16.8. The number of methoxy groups -OCH3 is 1. The summed E-state index contributed by atoms with van der Waals surface area (Å²) < 4.78 is 5.17. The maximum atomic E-state index is 12.6. The average molecular weight is 319 g/mol. The molecule has 2 aromatic carbocycles. The SMILES string of the molecule is COc1cccc(NC(=O)c2cccnc2Nc2ccccc2)c1. The number of rotatable bonds is 5. The fourth-order valence-electron chi connectivity index (χ4n) is 2.25. The number of benzene rings is 2. The molecule has 5 heteroatoms. The van der Waals surface area contributed by atoms with E-state index >= 15 is 0 Å². The van der Waals surface area contributed by atoms with E-state index in [1.54, 1.807) is 37.6 Å². The van der Waals surface area contributed by atoms with Crippen LogP contribution in [0.4, 0.5) is 17.2 Å². The normalized spacial score (nSPS) is 10.0. The molecule has 1 amide bonds. The molecule has 0 aliphatic rings. The molecule has 3 rings (SSSR count). The van der Waals surface area contributed by atoms with Crippen molar-refractivity contribution < 1.29 is 9.53 Å². The van der Waals surface area contributed by atoms with E-state index in [4.69, 9.17) is 4.74 Å². The Bertz CT molecular complexity index is 835. The molecule has 0 bridgehead atoms. The van der Waals surface area contributed by atoms with Crippen LogP contribution in [-0.2, 0) is 0 Å². The summed E-state index contributed by atoms with van der Waals surface area (Å²) in [6.45, 7) is 0. The zero-order valence-electron chi connectivity index (χ0n) is 13.2. The minimum atomic E-state index is -0.241. The molecule has 24 heavy (non-hydrogen) atoms. The van der Waals surface area contributed by atoms with E-state index in [-0.39, 0.29) is 5.91 Å². The third-order valence-corrected chi connectivity index (χ3v) is 3.42. The summed E-state index contributed by atoms with van der Waals surface area (Å²) in [4.78, 5) is 16.9. The number of amides is 1. The standard InChI is InChI=1S/C19H17N3O2/c1-24-16-10-5-9-15(13-16)22-19(23)17-11-6-12-20-18(17)21-14-7-3-2-4-8-14/h2-13H,1H3,(H,20,21)(H,22,23). The van der Waals surface area contributed by atoms with Gasteiger partial charge < -0.3 is 15.4 Å². The highest BCUT2D eigenvalue weighted by Gasteiger charge is 2.13. The number of aromatic nitrogens is 1. The van der Waals surface area contributed by atoms with Crippen molar-refractivity contribution >= 4 is 23.1 Å². The van der Waals surface area contributed by atoms with Crippen molar-refractivity contribution in [2.45, 2.75) is 0 Å². The van der Waals surface area contributed by atoms with Crippen molar-refractivity contribution in [1.82, 2.24) is 4.98 Å². The lowest BCUT2D eigenvalue weighted by molar-refractivity contribution is 0.102. The van der Waals surface area contributed by atoms with Crippen LogP contribution in [0.3, 0.4) is 0 Å². The van der Waals surface area contributed by atoms with Crippen LogP contribution in [0.2, 0.25) is 0 Å². The third kappa shape index (κ3) is 3.70. The molecule has 120 valence electrons. The predicted molar refractivity (Wildman–Crippen MR) is 94.9 cm³/mol. The van der Waals surface area contributed by atoms with Crippen LogP contribution in [0.5, 0.6) is 5.75 Å². The second kappa shape index (κ2) is 7.28. The molecule has 0 radical (unpaired) electrons. The predicted octanol–water partition coefficient (Wildman–Crippen LogP) is 4.09. The highest BCUT2D eigenvalue weighted by molar-refractivity contribution is 6.07. The van der Waals surface area contributed by atoms with Gasteiger partial charge in [0, 0.05) is 23.6 Å². The summed E-state index contributed by atoms with van der Waals surface area (Å²) in [5.74, 6) is 0.945. The smallest absolute Gasteiger partial charge is 0.259 e. The molecule has 0 atom stereocenters. The summed E-state index contributed by atoms with van der Waals surface area (Å²) in [6, 6.07) is 20.3. The van der Waals surface area contributed by atoms with Gasteiger partial charge in [0.1, 0.15) is 11.6 Å². The highest BCUT2D eigenvalue weighted by Crippen LogP contribution is 2.21. The van der Waals surface area contributed by atoms with E-state index in [2.05, 4.69) is 15.6 Å². The average Bonchev–Trinajstić information content (AvgIpc) is 2.63. The number of para-hydroxylation sites is 1. The van der Waals surface area contributed by atoms with Gasteiger partial charge in [-0.1, -0.05) is 24.3 Å². The van der Waals surface area contributed by atoms with Crippen molar-refractivity contribution in [2.75, 3.05) is 17.7 Å². The lowest BCUT2D eigenvalue weighted by Gasteiger charge is -2.11. The molecule has 2 N–H and O–H groups in total. The van der Waals surface area contributed by atoms with Crippen molar-refractivity contribution in [3.63, 3.8) is 0 Å². The van der Waals surface area contributed by atoms with E-state index in [9.17, 15) is 4.79 Å². The van der Waals surface area contributed by atoms with Gasteiger partial charge in [-0.2, -0.15) is 0 Å². The second-order valence-electron chi connectivity index (χ2n) is 5.08. The van der Waals surface area contributed by atoms with Crippen LogP contribution in [0.15, 0.2) is 72.9 Å². The molecular weight excluding hydrogens is 302 g/mol. The fraction of sp³-hybridized carbons (Fsp3) is 0.0526. The number of carbonyl (C=O) groups is 1. The number of pyridine rings is 1. The van der Waals surface area contributed by atoms with Crippen molar-refractivity contribution in [1.29, 1.82) is 0 Å². The highest BCUT2D eigenvalue weighted by atomic mass is 16.5. The number of nitrogens with one attached hydrogen (secondary N) is 2. The van der Waals surface area contributed by atoms with E-state index in [0.717, 1.165) is 5.69 Å². The Labute approximate surface area is 140 Å². The van der Waals surface area contributed by atoms with Crippen molar-refractivity contribution in [3.8, 4) is 5.75 Å². The van der Waals surface area contributed by atoms with Gasteiger partial charge in [-0.15, -0.1) is 0 Å². The van der Waals surface area contributed by atoms with Gasteiger partial charge in [0.05, 0.1) is 12.7 Å². The topological polar surface area (TPSA) is 63.2 Å². The largest absolute Gasteiger partial charge is 0.497 e. The monoisotopic (exact) mass is 319 g/mol. The summed E-state index contributed by atoms with van der Waals surface area (Å²) in [6.07, 6.45) is 1.65. The van der Waals surface area contributed by atoms with Crippen LogP contribution in [0.25, 0.3) is 0 Å². The third-order valence-electron chi connectivity index (χ3n) is 3.42. The van der Waals surface area contributed by atoms with Crippen LogP contribution in [0.1, 0.15) is 10.4 Å². The Hall–Kier alpha value is -3.34. The van der Waals surface area contributed by atoms with Crippen molar-refractivity contribution in [2.24, 2.45) is 0 Å². The lowest BCUT2D eigenvalue weighted by atomic mass is 10.2. The first-order valence-corrected chi connectivity index (χ1v) is 7.49. The number of hydrogen-bond donors (Lipinski definition) is 2. The van der Waals surface area contributed by atoms with Crippen LogP contribution < -0.4 is 15.4 Å². The Morgan fingerprint density at radius 1 is 0.958 bits per heavy atom. The molecule has 0 unspecified atom stereocenters. The van der Waals surface area contributed by atoms with Crippen LogP contribution >= 0.6 is 0 Å². The van der Waals surface area contributed by atoms with Gasteiger partial charge in [-0.05, 0) is 36.4 Å². The Morgan fingerprint density at radius 2 is 1.75 bits per heavy atom. The molecular formula is C19H17N3O2. The van der Waals surface area contributed by atoms with E-state index in [1.807, 2.05) is 42.5 Å². The van der Waals surface area contributed by atoms with E-state index < -0.39 is 0 Å². The summed E-state index contributed by atoms with van der Waals surface area (Å²) in [7, 11) is 1.59. The van der Waals surface area contributed by atoms with E-state index in [0.29, 0.717) is 22.8 Å². The number of carbonyl (C=O) groups excluding carboxylic acids is 1. The summed E-state index contributed by atoms with van der Waals surface area (Å²) in [5, 5.41) is 6.03. The van der Waals surface area contributed by atoms with Crippen LogP contribution in [0, 0.1) is 0 Å². The number of ether oxygens (including phenoxy) is 1. The second-order valence-corrected chi connectivity index (χ2v) is 5.08. The molecule has 0 saturated carbocycles. The fourth-order valence-corrected chi connectivity index (χ4v) is 2.25. The Kier molecular flexibility index (Phi) is 4.72. The lowest BCUT2D eigenvalue weighted by Crippen LogP contribution is -2.14. The molecule has 0 aliphatic carbocycles. The van der Waals surface area contributed by atoms with Gasteiger partial charge in [0.15, 0.2) is 0 Å². The Morgan fingerprint density at radius 3 is 2.54 bits per heavy atom. The molecule has 1 aromatic heterocycles. The van der Waals surface area contributed by atoms with Gasteiger partial charge in [0.25, 0.3) is 5.91 Å². The summed E-state index contributed by atoms with van der Waals surface area (Å²) in [5.41, 5.74) is 1.99. The molecule has 5 nitrogen and oxygen atoms in total. The first kappa shape index (κ1) is 15.6. The summed E-state index contributed by atoms with van der Waals surface area (Å²) >= 11 is 0. The van der Waals surface area contributed by atoms with Crippen molar-refractivity contribution in [3.05, 3.63) is 78.5 Å². The minimum Gasteiger partial charge on any atom is -0.497 e. The molecule has 1 heterocycles. The first-order chi connectivity index (χ1) is 11.8. The van der Waals surface area contributed by atoms with Crippen LogP contribution in [-0.4, -0.2) is 18.0 Å².